The molecule has 136 valence electrons. The van der Waals surface area contributed by atoms with Crippen LogP contribution in [0.4, 0.5) is 0 Å². The van der Waals surface area contributed by atoms with Crippen molar-refractivity contribution in [1.82, 2.24) is 14.2 Å². The van der Waals surface area contributed by atoms with Gasteiger partial charge in [0.2, 0.25) is 0 Å². The third-order valence-electron chi connectivity index (χ3n) is 5.34. The van der Waals surface area contributed by atoms with Crippen LogP contribution < -0.4 is 4.74 Å². The Labute approximate surface area is 159 Å². The van der Waals surface area contributed by atoms with Gasteiger partial charge in [0, 0.05) is 29.4 Å². The maximum atomic E-state index is 5.59. The zero-order chi connectivity index (χ0) is 18.2. The highest BCUT2D eigenvalue weighted by molar-refractivity contribution is 5.77. The van der Waals surface area contributed by atoms with E-state index in [2.05, 4.69) is 69.9 Å². The third-order valence-corrected chi connectivity index (χ3v) is 5.34. The molecule has 0 radical (unpaired) electrons. The summed E-state index contributed by atoms with van der Waals surface area (Å²) >= 11 is 0. The van der Waals surface area contributed by atoms with Crippen LogP contribution in [0.25, 0.3) is 28.2 Å². The molecule has 5 rings (SSSR count). The lowest BCUT2D eigenvalue weighted by atomic mass is 10.0. The fourth-order valence-electron chi connectivity index (χ4n) is 4.12. The second-order valence-electron chi connectivity index (χ2n) is 7.05. The summed E-state index contributed by atoms with van der Waals surface area (Å²) in [6, 6.07) is 18.9. The smallest absolute Gasteiger partial charge is 0.162 e. The molecule has 3 heterocycles. The van der Waals surface area contributed by atoms with Crippen LogP contribution in [-0.2, 0) is 13.0 Å². The van der Waals surface area contributed by atoms with Crippen molar-refractivity contribution in [2.45, 2.75) is 32.7 Å². The summed E-state index contributed by atoms with van der Waals surface area (Å²) in [4.78, 5) is 0. The topological polar surface area (TPSA) is 31.5 Å². The minimum Gasteiger partial charge on any atom is -0.494 e. The van der Waals surface area contributed by atoms with Crippen molar-refractivity contribution >= 4 is 5.65 Å². The molecule has 4 nitrogen and oxygen atoms in total. The number of rotatable bonds is 4. The van der Waals surface area contributed by atoms with E-state index in [-0.39, 0.29) is 0 Å². The fourth-order valence-corrected chi connectivity index (χ4v) is 4.12. The van der Waals surface area contributed by atoms with E-state index in [1.165, 1.54) is 40.7 Å². The summed E-state index contributed by atoms with van der Waals surface area (Å²) in [6.45, 7) is 3.72. The highest BCUT2D eigenvalue weighted by Crippen LogP contribution is 2.35. The molecule has 0 N–H and O–H groups in total. The SMILES string of the molecule is CCOc1ccc(-c2cn3nc(-c4ccccc4)n4c3c2CCCC4)cc1. The molecule has 2 aromatic carbocycles. The van der Waals surface area contributed by atoms with Crippen molar-refractivity contribution in [2.75, 3.05) is 6.61 Å². The zero-order valence-electron chi connectivity index (χ0n) is 15.6. The van der Waals surface area contributed by atoms with E-state index in [1.807, 2.05) is 6.92 Å². The molecule has 0 fully saturated rings. The van der Waals surface area contributed by atoms with Gasteiger partial charge in [-0.15, -0.1) is 5.10 Å². The first-order valence-corrected chi connectivity index (χ1v) is 9.74. The maximum Gasteiger partial charge on any atom is 0.162 e. The molecule has 0 saturated heterocycles. The Morgan fingerprint density at radius 2 is 1.78 bits per heavy atom. The van der Waals surface area contributed by atoms with Crippen molar-refractivity contribution in [3.05, 3.63) is 66.4 Å². The summed E-state index contributed by atoms with van der Waals surface area (Å²) in [5.74, 6) is 1.98. The molecule has 0 spiro atoms. The summed E-state index contributed by atoms with van der Waals surface area (Å²) < 4.78 is 10.1. The second-order valence-corrected chi connectivity index (χ2v) is 7.05. The van der Waals surface area contributed by atoms with E-state index >= 15 is 0 Å². The van der Waals surface area contributed by atoms with E-state index in [4.69, 9.17) is 9.84 Å². The van der Waals surface area contributed by atoms with E-state index in [0.717, 1.165) is 24.5 Å². The van der Waals surface area contributed by atoms with Crippen molar-refractivity contribution in [3.63, 3.8) is 0 Å². The summed E-state index contributed by atoms with van der Waals surface area (Å²) in [5.41, 5.74) is 6.35. The van der Waals surface area contributed by atoms with Gasteiger partial charge < -0.3 is 9.30 Å². The van der Waals surface area contributed by atoms with Gasteiger partial charge in [0.15, 0.2) is 5.82 Å². The van der Waals surface area contributed by atoms with Crippen LogP contribution in [-0.4, -0.2) is 20.8 Å². The molecular weight excluding hydrogens is 334 g/mol. The predicted molar refractivity (Wildman–Crippen MR) is 108 cm³/mol. The van der Waals surface area contributed by atoms with E-state index in [1.54, 1.807) is 0 Å². The molecule has 4 heteroatoms. The lowest BCUT2D eigenvalue weighted by Gasteiger charge is -2.07. The normalized spacial score (nSPS) is 13.7. The summed E-state index contributed by atoms with van der Waals surface area (Å²) in [5, 5.41) is 4.94. The average molecular weight is 357 g/mol. The van der Waals surface area contributed by atoms with Gasteiger partial charge in [-0.3, -0.25) is 0 Å². The quantitative estimate of drug-likeness (QED) is 0.502. The average Bonchev–Trinajstić information content (AvgIpc) is 3.14. The Bertz CT molecular complexity index is 1070. The second kappa shape index (κ2) is 6.62. The Kier molecular flexibility index (Phi) is 3.97. The molecule has 1 aliphatic heterocycles. The molecule has 0 amide bonds. The zero-order valence-corrected chi connectivity index (χ0v) is 15.6. The van der Waals surface area contributed by atoms with Gasteiger partial charge in [-0.1, -0.05) is 42.5 Å². The molecule has 1 aliphatic rings. The number of benzene rings is 2. The lowest BCUT2D eigenvalue weighted by molar-refractivity contribution is 0.340. The Morgan fingerprint density at radius 3 is 2.56 bits per heavy atom. The van der Waals surface area contributed by atoms with Crippen LogP contribution in [0.5, 0.6) is 5.75 Å². The molecular formula is C23H23N3O. The molecule has 0 bridgehead atoms. The Morgan fingerprint density at radius 1 is 0.963 bits per heavy atom. The minimum atomic E-state index is 0.692. The van der Waals surface area contributed by atoms with Crippen LogP contribution in [0.2, 0.25) is 0 Å². The monoisotopic (exact) mass is 357 g/mol. The highest BCUT2D eigenvalue weighted by Gasteiger charge is 2.22. The first-order valence-electron chi connectivity index (χ1n) is 9.74. The van der Waals surface area contributed by atoms with Gasteiger partial charge in [-0.05, 0) is 43.9 Å². The molecule has 0 unspecified atom stereocenters. The summed E-state index contributed by atoms with van der Waals surface area (Å²) in [6.07, 6.45) is 5.68. The standard InChI is InChI=1S/C23H23N3O/c1-2-27-19-13-11-17(12-14-19)21-16-26-23-20(21)10-6-7-15-25(23)22(24-26)18-8-4-3-5-9-18/h3-5,8-9,11-14,16H,2,6-7,10,15H2,1H3. The van der Waals surface area contributed by atoms with Crippen LogP contribution in [0.3, 0.4) is 0 Å². The van der Waals surface area contributed by atoms with Gasteiger partial charge in [-0.2, -0.15) is 0 Å². The Balaban J connectivity index is 1.65. The first-order chi connectivity index (χ1) is 13.3. The van der Waals surface area contributed by atoms with E-state index in [0.29, 0.717) is 6.61 Å². The predicted octanol–water partition coefficient (Wildman–Crippen LogP) is 5.20. The largest absolute Gasteiger partial charge is 0.494 e. The Hall–Kier alpha value is -3.01. The lowest BCUT2D eigenvalue weighted by Crippen LogP contribution is -1.99. The van der Waals surface area contributed by atoms with Gasteiger partial charge in [0.05, 0.1) is 6.61 Å². The van der Waals surface area contributed by atoms with Gasteiger partial charge in [0.25, 0.3) is 0 Å². The number of aryl methyl sites for hydroxylation is 2. The van der Waals surface area contributed by atoms with Crippen LogP contribution >= 0.6 is 0 Å². The first kappa shape index (κ1) is 16.2. The van der Waals surface area contributed by atoms with Crippen LogP contribution in [0, 0.1) is 0 Å². The van der Waals surface area contributed by atoms with Crippen molar-refractivity contribution < 1.29 is 4.74 Å². The molecule has 2 aromatic heterocycles. The van der Waals surface area contributed by atoms with Crippen LogP contribution in [0.1, 0.15) is 25.3 Å². The van der Waals surface area contributed by atoms with E-state index in [9.17, 15) is 0 Å². The molecule has 0 saturated carbocycles. The number of nitrogens with zero attached hydrogens (tertiary/aromatic N) is 3. The fraction of sp³-hybridized carbons (Fsp3) is 0.261. The van der Waals surface area contributed by atoms with Crippen molar-refractivity contribution in [1.29, 1.82) is 0 Å². The number of hydrogen-bond acceptors (Lipinski definition) is 2. The van der Waals surface area contributed by atoms with Gasteiger partial charge in [0.1, 0.15) is 11.4 Å². The van der Waals surface area contributed by atoms with Crippen LogP contribution in [0.15, 0.2) is 60.8 Å². The molecule has 0 aliphatic carbocycles. The molecule has 0 atom stereocenters. The molecule has 27 heavy (non-hydrogen) atoms. The van der Waals surface area contributed by atoms with Crippen molar-refractivity contribution in [3.8, 4) is 28.3 Å². The molecule has 4 aromatic rings. The minimum absolute atomic E-state index is 0.692. The number of hydrogen-bond donors (Lipinski definition) is 0. The number of aromatic nitrogens is 3. The van der Waals surface area contributed by atoms with Gasteiger partial charge >= 0.3 is 0 Å². The summed E-state index contributed by atoms with van der Waals surface area (Å²) in [7, 11) is 0. The van der Waals surface area contributed by atoms with Gasteiger partial charge in [-0.25, -0.2) is 4.52 Å². The maximum absolute atomic E-state index is 5.59. The van der Waals surface area contributed by atoms with Crippen molar-refractivity contribution in [2.24, 2.45) is 0 Å². The third kappa shape index (κ3) is 2.72. The number of ether oxygens (including phenoxy) is 1. The van der Waals surface area contributed by atoms with E-state index < -0.39 is 0 Å². The highest BCUT2D eigenvalue weighted by atomic mass is 16.5.